The summed E-state index contributed by atoms with van der Waals surface area (Å²) in [6.45, 7) is 10.1. The lowest BCUT2D eigenvalue weighted by Gasteiger charge is -2.54. The van der Waals surface area contributed by atoms with Gasteiger partial charge in [-0.3, -0.25) is 9.59 Å². The molecule has 45 heavy (non-hydrogen) atoms. The second-order valence-electron chi connectivity index (χ2n) is 15.4. The van der Waals surface area contributed by atoms with Gasteiger partial charge >= 0.3 is 6.09 Å². The average molecular weight is 624 g/mol. The van der Waals surface area contributed by atoms with Gasteiger partial charge in [-0.1, -0.05) is 25.3 Å². The van der Waals surface area contributed by atoms with Gasteiger partial charge in [0.1, 0.15) is 11.2 Å². The van der Waals surface area contributed by atoms with Crippen molar-refractivity contribution in [1.29, 1.82) is 0 Å². The van der Waals surface area contributed by atoms with Crippen LogP contribution in [0.15, 0.2) is 17.8 Å². The van der Waals surface area contributed by atoms with Crippen LogP contribution in [0.5, 0.6) is 5.88 Å². The zero-order chi connectivity index (χ0) is 31.7. The van der Waals surface area contributed by atoms with E-state index in [4.69, 9.17) is 9.47 Å². The van der Waals surface area contributed by atoms with Crippen molar-refractivity contribution in [3.8, 4) is 5.88 Å². The standard InChI is InChI=1S/C35H53N5O5/c1-23(32(42)38-12-14-39(15-13-38)34(43)45-35(2,3)4)10-11-40-33(44-22-24-8-6-5-7-9-24)29(21-36-40)31(41)37-30-27-17-25-16-26(19-27)20-28(30)18-25/h10,21,24-28,30H,5-9,11-20,22H2,1-4H3,(H,37,41). The van der Waals surface area contributed by atoms with Gasteiger partial charge in [-0.15, -0.1) is 0 Å². The summed E-state index contributed by atoms with van der Waals surface area (Å²) < 4.78 is 13.6. The number of carbonyl (C=O) groups excluding carboxylic acids is 3. The lowest BCUT2D eigenvalue weighted by Crippen LogP contribution is -2.55. The molecule has 0 aromatic carbocycles. The number of carbonyl (C=O) groups is 3. The lowest BCUT2D eigenvalue weighted by molar-refractivity contribution is -0.128. The fourth-order valence-electron chi connectivity index (χ4n) is 8.73. The van der Waals surface area contributed by atoms with Crippen molar-refractivity contribution < 1.29 is 23.9 Å². The summed E-state index contributed by atoms with van der Waals surface area (Å²) in [6, 6.07) is 0.246. The van der Waals surface area contributed by atoms with Crippen molar-refractivity contribution in [2.24, 2.45) is 29.6 Å². The number of nitrogens with zero attached hydrogens (tertiary/aromatic N) is 4. The Morgan fingerprint density at radius 1 is 0.933 bits per heavy atom. The van der Waals surface area contributed by atoms with Gasteiger partial charge in [0, 0.05) is 37.8 Å². The molecule has 10 heteroatoms. The molecule has 2 heterocycles. The predicted molar refractivity (Wildman–Crippen MR) is 171 cm³/mol. The quantitative estimate of drug-likeness (QED) is 0.388. The Hall–Kier alpha value is -3.04. The fourth-order valence-corrected chi connectivity index (χ4v) is 8.73. The molecule has 1 aromatic heterocycles. The Morgan fingerprint density at radius 2 is 1.56 bits per heavy atom. The highest BCUT2D eigenvalue weighted by Crippen LogP contribution is 2.53. The summed E-state index contributed by atoms with van der Waals surface area (Å²) in [6.07, 6.45) is 15.6. The molecule has 248 valence electrons. The van der Waals surface area contributed by atoms with E-state index in [-0.39, 0.29) is 23.9 Å². The van der Waals surface area contributed by atoms with Gasteiger partial charge in [0.25, 0.3) is 5.91 Å². The second kappa shape index (κ2) is 13.4. The SMILES string of the molecule is CC(=CCn1ncc(C(=O)NC2C3CC4CC(C3)CC2C4)c1OCC1CCCCC1)C(=O)N1CCN(C(=O)OC(C)(C)C)CC1. The van der Waals surface area contributed by atoms with Crippen LogP contribution >= 0.6 is 0 Å². The number of piperazine rings is 1. The third kappa shape index (κ3) is 7.51. The third-order valence-electron chi connectivity index (χ3n) is 10.9. The average Bonchev–Trinajstić information content (AvgIpc) is 3.42. The van der Waals surface area contributed by atoms with E-state index in [0.29, 0.717) is 74.1 Å². The molecule has 6 fully saturated rings. The topological polar surface area (TPSA) is 106 Å². The van der Waals surface area contributed by atoms with E-state index in [1.165, 1.54) is 51.4 Å². The van der Waals surface area contributed by atoms with Crippen LogP contribution in [0.3, 0.4) is 0 Å². The Balaban J connectivity index is 1.10. The Labute approximate surface area is 268 Å². The molecular weight excluding hydrogens is 570 g/mol. The molecule has 0 radical (unpaired) electrons. The first-order chi connectivity index (χ1) is 21.5. The molecule has 4 bridgehead atoms. The molecule has 1 saturated heterocycles. The molecule has 1 N–H and O–H groups in total. The van der Waals surface area contributed by atoms with Gasteiger partial charge in [-0.05, 0) is 102 Å². The minimum absolute atomic E-state index is 0.0597. The van der Waals surface area contributed by atoms with E-state index in [1.807, 2.05) is 33.8 Å². The largest absolute Gasteiger partial charge is 0.477 e. The van der Waals surface area contributed by atoms with E-state index < -0.39 is 5.60 Å². The molecule has 1 aromatic rings. The van der Waals surface area contributed by atoms with Crippen molar-refractivity contribution in [2.75, 3.05) is 32.8 Å². The molecule has 5 aliphatic carbocycles. The maximum Gasteiger partial charge on any atom is 0.410 e. The number of rotatable bonds is 8. The van der Waals surface area contributed by atoms with Crippen LogP contribution in [-0.2, 0) is 16.1 Å². The number of aromatic nitrogens is 2. The van der Waals surface area contributed by atoms with Crippen LogP contribution in [0, 0.1) is 29.6 Å². The zero-order valence-corrected chi connectivity index (χ0v) is 27.8. The molecule has 7 rings (SSSR count). The molecule has 0 atom stereocenters. The summed E-state index contributed by atoms with van der Waals surface area (Å²) >= 11 is 0. The highest BCUT2D eigenvalue weighted by Gasteiger charge is 2.48. The third-order valence-corrected chi connectivity index (χ3v) is 10.9. The molecule has 1 aliphatic heterocycles. The van der Waals surface area contributed by atoms with Crippen LogP contribution in [0.25, 0.3) is 0 Å². The zero-order valence-electron chi connectivity index (χ0n) is 27.8. The van der Waals surface area contributed by atoms with Crippen LogP contribution in [0.4, 0.5) is 4.79 Å². The van der Waals surface area contributed by atoms with E-state index in [0.717, 1.165) is 24.7 Å². The highest BCUT2D eigenvalue weighted by atomic mass is 16.6. The molecule has 0 unspecified atom stereocenters. The fraction of sp³-hybridized carbons (Fsp3) is 0.771. The predicted octanol–water partition coefficient (Wildman–Crippen LogP) is 5.42. The van der Waals surface area contributed by atoms with Crippen molar-refractivity contribution in [3.05, 3.63) is 23.4 Å². The second-order valence-corrected chi connectivity index (χ2v) is 15.4. The minimum Gasteiger partial charge on any atom is -0.477 e. The molecular formula is C35H53N5O5. The summed E-state index contributed by atoms with van der Waals surface area (Å²) in [5.74, 6) is 3.73. The monoisotopic (exact) mass is 623 g/mol. The smallest absolute Gasteiger partial charge is 0.410 e. The summed E-state index contributed by atoms with van der Waals surface area (Å²) in [5, 5.41) is 8.03. The maximum atomic E-state index is 13.8. The van der Waals surface area contributed by atoms with Gasteiger partial charge in [0.2, 0.25) is 11.8 Å². The van der Waals surface area contributed by atoms with Gasteiger partial charge in [0.15, 0.2) is 0 Å². The van der Waals surface area contributed by atoms with Gasteiger partial charge < -0.3 is 24.6 Å². The molecule has 3 amide bonds. The molecule has 10 nitrogen and oxygen atoms in total. The van der Waals surface area contributed by atoms with Crippen LogP contribution in [0.1, 0.15) is 102 Å². The first kappa shape index (κ1) is 31.9. The van der Waals surface area contributed by atoms with Crippen molar-refractivity contribution in [2.45, 2.75) is 110 Å². The normalized spacial score (nSPS) is 28.7. The van der Waals surface area contributed by atoms with Crippen molar-refractivity contribution in [3.63, 3.8) is 0 Å². The van der Waals surface area contributed by atoms with E-state index in [9.17, 15) is 14.4 Å². The highest BCUT2D eigenvalue weighted by molar-refractivity contribution is 5.96. The van der Waals surface area contributed by atoms with E-state index in [1.54, 1.807) is 20.7 Å². The number of amides is 3. The number of ether oxygens (including phenoxy) is 2. The van der Waals surface area contributed by atoms with Crippen LogP contribution in [0.2, 0.25) is 0 Å². The van der Waals surface area contributed by atoms with Crippen LogP contribution in [-0.4, -0.2) is 81.9 Å². The number of allylic oxidation sites excluding steroid dienone is 1. The van der Waals surface area contributed by atoms with Gasteiger partial charge in [-0.2, -0.15) is 5.10 Å². The molecule has 6 aliphatic rings. The lowest BCUT2D eigenvalue weighted by atomic mass is 9.54. The Bertz CT molecular complexity index is 1240. The first-order valence-corrected chi connectivity index (χ1v) is 17.5. The van der Waals surface area contributed by atoms with E-state index in [2.05, 4.69) is 10.4 Å². The number of nitrogens with one attached hydrogen (secondary N) is 1. The minimum atomic E-state index is -0.551. The van der Waals surface area contributed by atoms with Crippen LogP contribution < -0.4 is 10.1 Å². The Kier molecular flexibility index (Phi) is 9.48. The Morgan fingerprint density at radius 3 is 2.18 bits per heavy atom. The van der Waals surface area contributed by atoms with E-state index >= 15 is 0 Å². The molecule has 0 spiro atoms. The molecule has 5 saturated carbocycles. The summed E-state index contributed by atoms with van der Waals surface area (Å²) in [5.41, 5.74) is 0.550. The number of hydrogen-bond donors (Lipinski definition) is 1. The summed E-state index contributed by atoms with van der Waals surface area (Å²) in [4.78, 5) is 42.9. The van der Waals surface area contributed by atoms with Gasteiger partial charge in [0.05, 0.1) is 19.3 Å². The van der Waals surface area contributed by atoms with Gasteiger partial charge in [-0.25, -0.2) is 9.48 Å². The number of hydrogen-bond acceptors (Lipinski definition) is 6. The van der Waals surface area contributed by atoms with Crippen molar-refractivity contribution in [1.82, 2.24) is 24.9 Å². The first-order valence-electron chi connectivity index (χ1n) is 17.5. The maximum absolute atomic E-state index is 13.8. The van der Waals surface area contributed by atoms with Crippen molar-refractivity contribution >= 4 is 17.9 Å². The summed E-state index contributed by atoms with van der Waals surface area (Å²) in [7, 11) is 0.